The van der Waals surface area contributed by atoms with Crippen molar-refractivity contribution in [2.45, 2.75) is 39.2 Å². The Kier molecular flexibility index (Phi) is 4.83. The molecule has 5 nitrogen and oxygen atoms in total. The number of carboxylic acids is 1. The predicted octanol–water partition coefficient (Wildman–Crippen LogP) is 2.65. The molecule has 2 rings (SSSR count). The first kappa shape index (κ1) is 15.4. The zero-order valence-corrected chi connectivity index (χ0v) is 12.5. The van der Waals surface area contributed by atoms with E-state index >= 15 is 0 Å². The second kappa shape index (κ2) is 6.61. The van der Waals surface area contributed by atoms with Crippen molar-refractivity contribution in [3.8, 4) is 0 Å². The Balaban J connectivity index is 2.04. The van der Waals surface area contributed by atoms with E-state index in [4.69, 9.17) is 5.11 Å². The summed E-state index contributed by atoms with van der Waals surface area (Å²) in [6, 6.07) is 7.64. The van der Waals surface area contributed by atoms with E-state index in [1.807, 2.05) is 25.1 Å². The lowest BCUT2D eigenvalue weighted by Gasteiger charge is -2.34. The number of nitrogens with zero attached hydrogens (tertiary/aromatic N) is 1. The van der Waals surface area contributed by atoms with Gasteiger partial charge >= 0.3 is 12.0 Å². The van der Waals surface area contributed by atoms with Gasteiger partial charge in [0, 0.05) is 24.7 Å². The fourth-order valence-corrected chi connectivity index (χ4v) is 2.69. The average Bonchev–Trinajstić information content (AvgIpc) is 2.44. The third kappa shape index (κ3) is 3.97. The fourth-order valence-electron chi connectivity index (χ4n) is 2.69. The molecule has 0 saturated carbocycles. The van der Waals surface area contributed by atoms with Gasteiger partial charge in [0.25, 0.3) is 0 Å². The van der Waals surface area contributed by atoms with Crippen molar-refractivity contribution >= 4 is 17.7 Å². The van der Waals surface area contributed by atoms with Crippen molar-refractivity contribution < 1.29 is 14.7 Å². The first-order chi connectivity index (χ1) is 9.97. The van der Waals surface area contributed by atoms with Crippen molar-refractivity contribution in [1.29, 1.82) is 0 Å². The Bertz CT molecular complexity index is 530. The molecule has 0 spiro atoms. The monoisotopic (exact) mass is 290 g/mol. The summed E-state index contributed by atoms with van der Waals surface area (Å²) >= 11 is 0. The summed E-state index contributed by atoms with van der Waals surface area (Å²) in [6.07, 6.45) is 1.48. The second-order valence-electron chi connectivity index (χ2n) is 5.83. The highest BCUT2D eigenvalue weighted by atomic mass is 16.4. The third-order valence-electron chi connectivity index (χ3n) is 3.75. The van der Waals surface area contributed by atoms with E-state index in [0.717, 1.165) is 12.1 Å². The van der Waals surface area contributed by atoms with Crippen LogP contribution in [0.5, 0.6) is 0 Å². The van der Waals surface area contributed by atoms with Crippen LogP contribution in [0.2, 0.25) is 0 Å². The number of benzene rings is 1. The molecule has 0 aliphatic carbocycles. The van der Waals surface area contributed by atoms with Gasteiger partial charge in [0.05, 0.1) is 0 Å². The minimum Gasteiger partial charge on any atom is -0.481 e. The quantitative estimate of drug-likeness (QED) is 0.895. The maximum absolute atomic E-state index is 12.4. The number of aliphatic carboxylic acids is 1. The van der Waals surface area contributed by atoms with Crippen LogP contribution in [0.3, 0.4) is 0 Å². The molecule has 1 aromatic rings. The summed E-state index contributed by atoms with van der Waals surface area (Å²) in [5.74, 6) is -0.423. The van der Waals surface area contributed by atoms with Crippen LogP contribution in [0.15, 0.2) is 24.3 Å². The van der Waals surface area contributed by atoms with Crippen LogP contribution >= 0.6 is 0 Å². The fraction of sp³-hybridized carbons (Fsp3) is 0.500. The molecule has 5 heteroatoms. The molecule has 0 saturated heterocycles. The van der Waals surface area contributed by atoms with Crippen molar-refractivity contribution in [2.24, 2.45) is 5.92 Å². The first-order valence-electron chi connectivity index (χ1n) is 7.35. The summed E-state index contributed by atoms with van der Waals surface area (Å²) in [6.45, 7) is 4.65. The van der Waals surface area contributed by atoms with Crippen LogP contribution in [0.1, 0.15) is 32.3 Å². The summed E-state index contributed by atoms with van der Waals surface area (Å²) in [5.41, 5.74) is 2.14. The van der Waals surface area contributed by atoms with Gasteiger partial charge < -0.3 is 10.4 Å². The molecule has 0 radical (unpaired) electrons. The molecule has 114 valence electrons. The van der Waals surface area contributed by atoms with Gasteiger partial charge in [-0.2, -0.15) is 0 Å². The number of hydrogen-bond acceptors (Lipinski definition) is 2. The maximum atomic E-state index is 12.4. The number of fused-ring (bicyclic) bond motifs is 1. The molecule has 2 amide bonds. The molecule has 21 heavy (non-hydrogen) atoms. The highest BCUT2D eigenvalue weighted by molar-refractivity contribution is 5.93. The lowest BCUT2D eigenvalue weighted by molar-refractivity contribution is -0.137. The van der Waals surface area contributed by atoms with Crippen LogP contribution in [0.4, 0.5) is 10.5 Å². The zero-order chi connectivity index (χ0) is 15.4. The Labute approximate surface area is 125 Å². The van der Waals surface area contributed by atoms with Gasteiger partial charge in [0.1, 0.15) is 0 Å². The highest BCUT2D eigenvalue weighted by Crippen LogP contribution is 2.29. The number of anilines is 1. The number of urea groups is 1. The molecule has 2 N–H and O–H groups in total. The molecule has 1 aliphatic rings. The number of carboxylic acid groups (broad SMARTS) is 1. The van der Waals surface area contributed by atoms with Crippen LogP contribution in [0, 0.1) is 5.92 Å². The zero-order valence-electron chi connectivity index (χ0n) is 12.5. The molecule has 1 aliphatic heterocycles. The minimum atomic E-state index is -0.840. The molecule has 1 heterocycles. The largest absolute Gasteiger partial charge is 0.481 e. The van der Waals surface area contributed by atoms with Crippen LogP contribution in [-0.4, -0.2) is 29.7 Å². The van der Waals surface area contributed by atoms with E-state index in [1.165, 1.54) is 5.56 Å². The highest BCUT2D eigenvalue weighted by Gasteiger charge is 2.26. The number of nitrogens with one attached hydrogen (secondary N) is 1. The Morgan fingerprint density at radius 3 is 2.86 bits per heavy atom. The van der Waals surface area contributed by atoms with E-state index in [-0.39, 0.29) is 18.5 Å². The first-order valence-corrected chi connectivity index (χ1v) is 7.35. The van der Waals surface area contributed by atoms with E-state index < -0.39 is 5.97 Å². The maximum Gasteiger partial charge on any atom is 0.322 e. The molecule has 1 aromatic carbocycles. The van der Waals surface area contributed by atoms with Crippen molar-refractivity contribution in [3.63, 3.8) is 0 Å². The topological polar surface area (TPSA) is 69.6 Å². The summed E-state index contributed by atoms with van der Waals surface area (Å²) in [5, 5.41) is 11.6. The van der Waals surface area contributed by atoms with Crippen molar-refractivity contribution in [1.82, 2.24) is 5.32 Å². The number of amides is 2. The molecule has 0 aromatic heterocycles. The standard InChI is InChI=1S/C16H22N2O3/c1-11-9-13-5-3-4-6-14(13)18(10-11)16(21)17-12(2)7-8-15(19)20/h3-6,11-12H,7-10H2,1-2H3,(H,17,21)(H,19,20). The smallest absolute Gasteiger partial charge is 0.322 e. The average molecular weight is 290 g/mol. The van der Waals surface area contributed by atoms with Crippen molar-refractivity contribution in [3.05, 3.63) is 29.8 Å². The van der Waals surface area contributed by atoms with Crippen LogP contribution in [0.25, 0.3) is 0 Å². The number of carbonyl (C=O) groups excluding carboxylic acids is 1. The summed E-state index contributed by atoms with van der Waals surface area (Å²) in [7, 11) is 0. The SMILES string of the molecule is CC1Cc2ccccc2N(C(=O)NC(C)CCC(=O)O)C1. The number of carbonyl (C=O) groups is 2. The van der Waals surface area contributed by atoms with Gasteiger partial charge in [0.15, 0.2) is 0 Å². The third-order valence-corrected chi connectivity index (χ3v) is 3.75. The number of para-hydroxylation sites is 1. The second-order valence-corrected chi connectivity index (χ2v) is 5.83. The molecular formula is C16H22N2O3. The Morgan fingerprint density at radius 1 is 1.43 bits per heavy atom. The van der Waals surface area contributed by atoms with Gasteiger partial charge in [-0.1, -0.05) is 25.1 Å². The summed E-state index contributed by atoms with van der Waals surface area (Å²) in [4.78, 5) is 24.8. The molecular weight excluding hydrogens is 268 g/mol. The number of hydrogen-bond donors (Lipinski definition) is 2. The molecule has 2 unspecified atom stereocenters. The molecule has 2 atom stereocenters. The van der Waals surface area contributed by atoms with Crippen molar-refractivity contribution in [2.75, 3.05) is 11.4 Å². The lowest BCUT2D eigenvalue weighted by atomic mass is 9.94. The van der Waals surface area contributed by atoms with Crippen LogP contribution < -0.4 is 10.2 Å². The van der Waals surface area contributed by atoms with Crippen LogP contribution in [-0.2, 0) is 11.2 Å². The van der Waals surface area contributed by atoms with Gasteiger partial charge in [-0.05, 0) is 37.3 Å². The van der Waals surface area contributed by atoms with Gasteiger partial charge in [-0.25, -0.2) is 4.79 Å². The predicted molar refractivity (Wildman–Crippen MR) is 81.5 cm³/mol. The van der Waals surface area contributed by atoms with E-state index in [9.17, 15) is 9.59 Å². The number of rotatable bonds is 4. The van der Waals surface area contributed by atoms with E-state index in [2.05, 4.69) is 18.3 Å². The summed E-state index contributed by atoms with van der Waals surface area (Å²) < 4.78 is 0. The Hall–Kier alpha value is -2.04. The van der Waals surface area contributed by atoms with Gasteiger partial charge in [-0.3, -0.25) is 9.69 Å². The lowest BCUT2D eigenvalue weighted by Crippen LogP contribution is -2.48. The van der Waals surface area contributed by atoms with Gasteiger partial charge in [0.2, 0.25) is 0 Å². The minimum absolute atomic E-state index is 0.0639. The normalized spacial score (nSPS) is 18.8. The molecule has 0 bridgehead atoms. The van der Waals surface area contributed by atoms with E-state index in [1.54, 1.807) is 4.90 Å². The molecule has 0 fully saturated rings. The van der Waals surface area contributed by atoms with E-state index in [0.29, 0.717) is 18.9 Å². The van der Waals surface area contributed by atoms with Gasteiger partial charge in [-0.15, -0.1) is 0 Å². The Morgan fingerprint density at radius 2 is 2.14 bits per heavy atom.